The summed E-state index contributed by atoms with van der Waals surface area (Å²) in [6.07, 6.45) is 0. The molecule has 172 valence electrons. The van der Waals surface area contributed by atoms with E-state index >= 15 is 0 Å². The van der Waals surface area contributed by atoms with E-state index in [1.807, 2.05) is 49.4 Å². The van der Waals surface area contributed by atoms with Gasteiger partial charge in [-0.25, -0.2) is 0 Å². The maximum Gasteiger partial charge on any atom is 0.257 e. The highest BCUT2D eigenvalue weighted by molar-refractivity contribution is 6.30. The standard InChI is InChI=1S/C25H33ClN4O2/c1-18-17-21(26)9-10-22(18)28-24(27-11-12-30-13-15-32-16-14-30)29-23(31)19-5-7-20(8-6-19)25(2,3)4/h5-10,17H,11-16H2,1-4H3,(H2,27,28,29,31). The van der Waals surface area contributed by atoms with Gasteiger partial charge in [0.25, 0.3) is 5.91 Å². The van der Waals surface area contributed by atoms with Crippen molar-refractivity contribution in [1.82, 2.24) is 10.2 Å². The van der Waals surface area contributed by atoms with E-state index in [0.717, 1.165) is 44.1 Å². The minimum absolute atomic E-state index is 0.0365. The summed E-state index contributed by atoms with van der Waals surface area (Å²) in [5.41, 5.74) is 3.64. The molecule has 1 heterocycles. The summed E-state index contributed by atoms with van der Waals surface area (Å²) < 4.78 is 5.40. The Balaban J connectivity index is 1.72. The maximum absolute atomic E-state index is 12.9. The lowest BCUT2D eigenvalue weighted by molar-refractivity contribution is 0.0394. The average Bonchev–Trinajstić information content (AvgIpc) is 2.76. The molecule has 2 aromatic carbocycles. The average molecular weight is 457 g/mol. The molecule has 2 aromatic rings. The zero-order valence-corrected chi connectivity index (χ0v) is 20.1. The van der Waals surface area contributed by atoms with Gasteiger partial charge in [0.05, 0.1) is 19.8 Å². The van der Waals surface area contributed by atoms with Crippen LogP contribution < -0.4 is 10.6 Å². The van der Waals surface area contributed by atoms with Crippen molar-refractivity contribution >= 4 is 29.2 Å². The molecule has 0 atom stereocenters. The van der Waals surface area contributed by atoms with E-state index in [0.29, 0.717) is 23.1 Å². The summed E-state index contributed by atoms with van der Waals surface area (Å²) in [6.45, 7) is 13.1. The number of carbonyl (C=O) groups excluding carboxylic acids is 1. The third-order valence-electron chi connectivity index (χ3n) is 5.48. The number of rotatable bonds is 5. The van der Waals surface area contributed by atoms with E-state index in [1.54, 1.807) is 0 Å². The van der Waals surface area contributed by atoms with Crippen molar-refractivity contribution in [1.29, 1.82) is 0 Å². The molecule has 1 aliphatic heterocycles. The Morgan fingerprint density at radius 2 is 1.81 bits per heavy atom. The lowest BCUT2D eigenvalue weighted by atomic mass is 9.87. The van der Waals surface area contributed by atoms with Crippen molar-refractivity contribution in [2.75, 3.05) is 44.7 Å². The molecule has 32 heavy (non-hydrogen) atoms. The first-order valence-electron chi connectivity index (χ1n) is 11.0. The summed E-state index contributed by atoms with van der Waals surface area (Å²) in [4.78, 5) is 19.9. The fraction of sp³-hybridized carbons (Fsp3) is 0.440. The number of aryl methyl sites for hydroxylation is 1. The van der Waals surface area contributed by atoms with Gasteiger partial charge in [0.2, 0.25) is 5.96 Å². The van der Waals surface area contributed by atoms with Crippen LogP contribution in [0.25, 0.3) is 0 Å². The number of benzene rings is 2. The fourth-order valence-corrected chi connectivity index (χ4v) is 3.66. The smallest absolute Gasteiger partial charge is 0.257 e. The van der Waals surface area contributed by atoms with Crippen LogP contribution in [0.2, 0.25) is 5.02 Å². The topological polar surface area (TPSA) is 66.0 Å². The summed E-state index contributed by atoms with van der Waals surface area (Å²) in [7, 11) is 0. The molecular formula is C25H33ClN4O2. The zero-order chi connectivity index (χ0) is 23.1. The van der Waals surface area contributed by atoms with Crippen molar-refractivity contribution in [3.8, 4) is 0 Å². The molecule has 1 amide bonds. The minimum atomic E-state index is -0.199. The van der Waals surface area contributed by atoms with Crippen LogP contribution in [0.3, 0.4) is 0 Å². The van der Waals surface area contributed by atoms with E-state index < -0.39 is 0 Å². The van der Waals surface area contributed by atoms with Crippen LogP contribution in [0.4, 0.5) is 5.69 Å². The lowest BCUT2D eigenvalue weighted by Crippen LogP contribution is -2.39. The van der Waals surface area contributed by atoms with Crippen molar-refractivity contribution in [3.63, 3.8) is 0 Å². The first-order valence-corrected chi connectivity index (χ1v) is 11.4. The van der Waals surface area contributed by atoms with Gasteiger partial charge in [0, 0.05) is 35.9 Å². The number of amides is 1. The molecular weight excluding hydrogens is 424 g/mol. The van der Waals surface area contributed by atoms with Crippen molar-refractivity contribution in [3.05, 3.63) is 64.2 Å². The van der Waals surface area contributed by atoms with E-state index in [2.05, 4.69) is 41.3 Å². The molecule has 3 rings (SSSR count). The van der Waals surface area contributed by atoms with E-state index in [-0.39, 0.29) is 11.3 Å². The van der Waals surface area contributed by atoms with Gasteiger partial charge in [-0.05, 0) is 53.8 Å². The van der Waals surface area contributed by atoms with E-state index in [1.165, 1.54) is 5.56 Å². The third kappa shape index (κ3) is 7.05. The van der Waals surface area contributed by atoms with Crippen LogP contribution in [0.5, 0.6) is 0 Å². The number of hydrogen-bond acceptors (Lipinski definition) is 4. The minimum Gasteiger partial charge on any atom is -0.379 e. The van der Waals surface area contributed by atoms with Crippen molar-refractivity contribution in [2.45, 2.75) is 33.1 Å². The molecule has 0 saturated carbocycles. The number of halogens is 1. The summed E-state index contributed by atoms with van der Waals surface area (Å²) in [5.74, 6) is 0.225. The Morgan fingerprint density at radius 1 is 1.12 bits per heavy atom. The molecule has 2 N–H and O–H groups in total. The second kappa shape index (κ2) is 10.9. The number of ether oxygens (including phenoxy) is 1. The Labute approximate surface area is 196 Å². The summed E-state index contributed by atoms with van der Waals surface area (Å²) in [5, 5.41) is 6.88. The van der Waals surface area contributed by atoms with Gasteiger partial charge in [-0.15, -0.1) is 0 Å². The second-order valence-electron chi connectivity index (χ2n) is 9.05. The molecule has 1 aliphatic rings. The quantitative estimate of drug-likeness (QED) is 0.514. The number of guanidine groups is 1. The highest BCUT2D eigenvalue weighted by atomic mass is 35.5. The molecule has 0 aromatic heterocycles. The number of aliphatic imine (C=N–C) groups is 1. The normalized spacial score (nSPS) is 15.5. The number of hydrogen-bond donors (Lipinski definition) is 2. The molecule has 0 bridgehead atoms. The fourth-order valence-electron chi connectivity index (χ4n) is 3.43. The lowest BCUT2D eigenvalue weighted by Gasteiger charge is -2.25. The summed E-state index contributed by atoms with van der Waals surface area (Å²) >= 11 is 6.09. The van der Waals surface area contributed by atoms with Crippen LogP contribution in [0.1, 0.15) is 42.3 Å². The first kappa shape index (κ1) is 24.2. The third-order valence-corrected chi connectivity index (χ3v) is 5.71. The van der Waals surface area contributed by atoms with E-state index in [9.17, 15) is 4.79 Å². The van der Waals surface area contributed by atoms with Gasteiger partial charge in [0.1, 0.15) is 0 Å². The molecule has 7 heteroatoms. The molecule has 1 fully saturated rings. The molecule has 0 unspecified atom stereocenters. The van der Waals surface area contributed by atoms with Crippen LogP contribution in [-0.2, 0) is 10.2 Å². The SMILES string of the molecule is Cc1cc(Cl)ccc1NC(=NCCN1CCOCC1)NC(=O)c1ccc(C(C)(C)C)cc1. The number of anilines is 1. The van der Waals surface area contributed by atoms with Gasteiger partial charge in [-0.2, -0.15) is 0 Å². The van der Waals surface area contributed by atoms with Gasteiger partial charge < -0.3 is 10.1 Å². The highest BCUT2D eigenvalue weighted by Gasteiger charge is 2.16. The number of nitrogens with zero attached hydrogens (tertiary/aromatic N) is 2. The highest BCUT2D eigenvalue weighted by Crippen LogP contribution is 2.22. The van der Waals surface area contributed by atoms with Gasteiger partial charge >= 0.3 is 0 Å². The Hall–Kier alpha value is -2.41. The molecule has 0 radical (unpaired) electrons. The van der Waals surface area contributed by atoms with E-state index in [4.69, 9.17) is 16.3 Å². The zero-order valence-electron chi connectivity index (χ0n) is 19.4. The van der Waals surface area contributed by atoms with Crippen molar-refractivity contribution < 1.29 is 9.53 Å². The van der Waals surface area contributed by atoms with Crippen LogP contribution in [-0.4, -0.2) is 56.2 Å². The molecule has 1 saturated heterocycles. The predicted molar refractivity (Wildman–Crippen MR) is 132 cm³/mol. The number of morpholine rings is 1. The van der Waals surface area contributed by atoms with Crippen LogP contribution >= 0.6 is 11.6 Å². The summed E-state index contributed by atoms with van der Waals surface area (Å²) in [6, 6.07) is 13.3. The second-order valence-corrected chi connectivity index (χ2v) is 9.49. The van der Waals surface area contributed by atoms with Crippen LogP contribution in [0.15, 0.2) is 47.5 Å². The number of carbonyl (C=O) groups is 1. The largest absolute Gasteiger partial charge is 0.379 e. The Kier molecular flexibility index (Phi) is 8.29. The van der Waals surface area contributed by atoms with Crippen molar-refractivity contribution in [2.24, 2.45) is 4.99 Å². The monoisotopic (exact) mass is 456 g/mol. The van der Waals surface area contributed by atoms with Gasteiger partial charge in [-0.1, -0.05) is 44.5 Å². The van der Waals surface area contributed by atoms with Crippen LogP contribution in [0, 0.1) is 6.92 Å². The Morgan fingerprint density at radius 3 is 2.44 bits per heavy atom. The molecule has 6 nitrogen and oxygen atoms in total. The first-order chi connectivity index (χ1) is 15.2. The number of nitrogens with one attached hydrogen (secondary N) is 2. The molecule has 0 aliphatic carbocycles. The van der Waals surface area contributed by atoms with Gasteiger partial charge in [-0.3, -0.25) is 20.0 Å². The molecule has 0 spiro atoms. The van der Waals surface area contributed by atoms with Gasteiger partial charge in [0.15, 0.2) is 0 Å². The maximum atomic E-state index is 12.9. The Bertz CT molecular complexity index is 945. The predicted octanol–water partition coefficient (Wildman–Crippen LogP) is 4.48.